The lowest BCUT2D eigenvalue weighted by atomic mass is 10.1. The monoisotopic (exact) mass is 429 g/mol. The largest absolute Gasteiger partial charge is 0.484 e. The highest BCUT2D eigenvalue weighted by Crippen LogP contribution is 2.21. The van der Waals surface area contributed by atoms with Gasteiger partial charge in [-0.15, -0.1) is 0 Å². The molecular weight excluding hydrogens is 410 g/mol. The normalized spacial score (nSPS) is 10.7. The Morgan fingerprint density at radius 3 is 2.63 bits per heavy atom. The third kappa shape index (κ3) is 5.17. The first-order chi connectivity index (χ1) is 12.9. The van der Waals surface area contributed by atoms with Crippen molar-refractivity contribution in [3.8, 4) is 17.1 Å². The first kappa shape index (κ1) is 19.1. The molecule has 1 amide bonds. The van der Waals surface area contributed by atoms with Gasteiger partial charge in [0.15, 0.2) is 6.61 Å². The van der Waals surface area contributed by atoms with Gasteiger partial charge in [0.2, 0.25) is 11.7 Å². The molecule has 0 saturated heterocycles. The molecule has 0 N–H and O–H groups in total. The standard InChI is InChI=1S/C20H20BrN3O3/c1-13-7-14(2)9-17(8-13)26-12-19(25)24(3)11-18-22-20(23-27-18)15-5-4-6-16(21)10-15/h4-10H,11-12H2,1-3H3. The Bertz CT molecular complexity index is 935. The number of hydrogen-bond acceptors (Lipinski definition) is 5. The van der Waals surface area contributed by atoms with Gasteiger partial charge in [-0.3, -0.25) is 4.79 Å². The van der Waals surface area contributed by atoms with Crippen LogP contribution in [0.5, 0.6) is 5.75 Å². The summed E-state index contributed by atoms with van der Waals surface area (Å²) in [5.41, 5.74) is 3.03. The van der Waals surface area contributed by atoms with Crippen LogP contribution in [0, 0.1) is 13.8 Å². The van der Waals surface area contributed by atoms with Gasteiger partial charge in [0.25, 0.3) is 5.91 Å². The van der Waals surface area contributed by atoms with E-state index in [1.54, 1.807) is 7.05 Å². The molecule has 3 rings (SSSR count). The Kier molecular flexibility index (Phi) is 5.91. The number of ether oxygens (including phenoxy) is 1. The summed E-state index contributed by atoms with van der Waals surface area (Å²) >= 11 is 3.42. The number of likely N-dealkylation sites (N-methyl/N-ethyl adjacent to an activating group) is 1. The Hall–Kier alpha value is -2.67. The minimum Gasteiger partial charge on any atom is -0.484 e. The molecular formula is C20H20BrN3O3. The average molecular weight is 430 g/mol. The second-order valence-corrected chi connectivity index (χ2v) is 7.30. The van der Waals surface area contributed by atoms with Crippen molar-refractivity contribution in [3.05, 3.63) is 64.0 Å². The van der Waals surface area contributed by atoms with Gasteiger partial charge in [-0.05, 0) is 49.2 Å². The summed E-state index contributed by atoms with van der Waals surface area (Å²) in [6, 6.07) is 13.5. The number of aryl methyl sites for hydroxylation is 2. The Morgan fingerprint density at radius 1 is 1.19 bits per heavy atom. The second-order valence-electron chi connectivity index (χ2n) is 6.38. The van der Waals surface area contributed by atoms with E-state index in [1.165, 1.54) is 4.90 Å². The van der Waals surface area contributed by atoms with E-state index in [1.807, 2.05) is 50.2 Å². The molecule has 0 bridgehead atoms. The van der Waals surface area contributed by atoms with Crippen molar-refractivity contribution in [3.63, 3.8) is 0 Å². The van der Waals surface area contributed by atoms with Crippen LogP contribution in [0.15, 0.2) is 51.5 Å². The van der Waals surface area contributed by atoms with Gasteiger partial charge < -0.3 is 14.2 Å². The number of rotatable bonds is 6. The van der Waals surface area contributed by atoms with Crippen molar-refractivity contribution >= 4 is 21.8 Å². The molecule has 0 fully saturated rings. The van der Waals surface area contributed by atoms with Gasteiger partial charge in [0.1, 0.15) is 5.75 Å². The van der Waals surface area contributed by atoms with E-state index in [9.17, 15) is 4.79 Å². The van der Waals surface area contributed by atoms with Crippen molar-refractivity contribution < 1.29 is 14.1 Å². The lowest BCUT2D eigenvalue weighted by molar-refractivity contribution is -0.132. The van der Waals surface area contributed by atoms with Crippen LogP contribution in [0.2, 0.25) is 0 Å². The van der Waals surface area contributed by atoms with Gasteiger partial charge in [-0.1, -0.05) is 39.3 Å². The zero-order valence-electron chi connectivity index (χ0n) is 15.4. The van der Waals surface area contributed by atoms with Crippen LogP contribution in [-0.2, 0) is 11.3 Å². The molecule has 1 heterocycles. The molecule has 0 aliphatic carbocycles. The van der Waals surface area contributed by atoms with Gasteiger partial charge in [0.05, 0.1) is 6.54 Å². The summed E-state index contributed by atoms with van der Waals surface area (Å²) in [5.74, 6) is 1.37. The van der Waals surface area contributed by atoms with Crippen LogP contribution in [0.3, 0.4) is 0 Å². The second kappa shape index (κ2) is 8.35. The van der Waals surface area contributed by atoms with Crippen LogP contribution in [0.4, 0.5) is 0 Å². The summed E-state index contributed by atoms with van der Waals surface area (Å²) in [7, 11) is 1.68. The molecule has 0 aliphatic heterocycles. The van der Waals surface area contributed by atoms with Crippen molar-refractivity contribution in [2.24, 2.45) is 0 Å². The predicted octanol–water partition coefficient (Wildman–Crippen LogP) is 4.15. The van der Waals surface area contributed by atoms with Crippen molar-refractivity contribution in [1.29, 1.82) is 0 Å². The zero-order chi connectivity index (χ0) is 19.4. The maximum atomic E-state index is 12.3. The number of hydrogen-bond donors (Lipinski definition) is 0. The summed E-state index contributed by atoms with van der Waals surface area (Å²) in [6.07, 6.45) is 0. The summed E-state index contributed by atoms with van der Waals surface area (Å²) in [5, 5.41) is 3.98. The van der Waals surface area contributed by atoms with E-state index in [-0.39, 0.29) is 19.1 Å². The van der Waals surface area contributed by atoms with E-state index in [4.69, 9.17) is 9.26 Å². The highest BCUT2D eigenvalue weighted by molar-refractivity contribution is 9.10. The van der Waals surface area contributed by atoms with Crippen LogP contribution < -0.4 is 4.74 Å². The molecule has 0 unspecified atom stereocenters. The van der Waals surface area contributed by atoms with Gasteiger partial charge in [0, 0.05) is 17.1 Å². The third-order valence-electron chi connectivity index (χ3n) is 3.91. The summed E-state index contributed by atoms with van der Waals surface area (Å²) in [6.45, 7) is 4.15. The first-order valence-corrected chi connectivity index (χ1v) is 9.23. The number of halogens is 1. The van der Waals surface area contributed by atoms with Crippen molar-refractivity contribution in [2.75, 3.05) is 13.7 Å². The smallest absolute Gasteiger partial charge is 0.260 e. The summed E-state index contributed by atoms with van der Waals surface area (Å²) < 4.78 is 11.8. The SMILES string of the molecule is Cc1cc(C)cc(OCC(=O)N(C)Cc2nc(-c3cccc(Br)c3)no2)c1. The Labute approximate surface area is 166 Å². The lowest BCUT2D eigenvalue weighted by Crippen LogP contribution is -2.31. The highest BCUT2D eigenvalue weighted by Gasteiger charge is 2.15. The lowest BCUT2D eigenvalue weighted by Gasteiger charge is -2.15. The molecule has 1 aromatic heterocycles. The number of carbonyl (C=O) groups is 1. The fourth-order valence-electron chi connectivity index (χ4n) is 2.63. The van der Waals surface area contributed by atoms with Crippen molar-refractivity contribution in [1.82, 2.24) is 15.0 Å². The number of benzene rings is 2. The van der Waals surface area contributed by atoms with Crippen molar-refractivity contribution in [2.45, 2.75) is 20.4 Å². The van der Waals surface area contributed by atoms with Crippen LogP contribution >= 0.6 is 15.9 Å². The number of carbonyl (C=O) groups excluding carboxylic acids is 1. The molecule has 0 radical (unpaired) electrons. The molecule has 27 heavy (non-hydrogen) atoms. The first-order valence-electron chi connectivity index (χ1n) is 8.44. The number of amides is 1. The van der Waals surface area contributed by atoms with E-state index in [0.29, 0.717) is 17.5 Å². The van der Waals surface area contributed by atoms with Gasteiger partial charge in [-0.25, -0.2) is 0 Å². The van der Waals surface area contributed by atoms with Gasteiger partial charge >= 0.3 is 0 Å². The van der Waals surface area contributed by atoms with E-state index in [0.717, 1.165) is 21.2 Å². The molecule has 0 atom stereocenters. The number of nitrogens with zero attached hydrogens (tertiary/aromatic N) is 3. The molecule has 3 aromatic rings. The zero-order valence-corrected chi connectivity index (χ0v) is 17.0. The fourth-order valence-corrected chi connectivity index (χ4v) is 3.03. The summed E-state index contributed by atoms with van der Waals surface area (Å²) in [4.78, 5) is 18.2. The maximum Gasteiger partial charge on any atom is 0.260 e. The minimum absolute atomic E-state index is 0.0496. The molecule has 6 nitrogen and oxygen atoms in total. The molecule has 0 aliphatic rings. The topological polar surface area (TPSA) is 68.5 Å². The molecule has 140 valence electrons. The molecule has 0 saturated carbocycles. The highest BCUT2D eigenvalue weighted by atomic mass is 79.9. The quantitative estimate of drug-likeness (QED) is 0.588. The van der Waals surface area contributed by atoms with Crippen LogP contribution in [-0.4, -0.2) is 34.6 Å². The van der Waals surface area contributed by atoms with E-state index < -0.39 is 0 Å². The minimum atomic E-state index is -0.170. The Morgan fingerprint density at radius 2 is 1.93 bits per heavy atom. The van der Waals surface area contributed by atoms with Gasteiger partial charge in [-0.2, -0.15) is 4.98 Å². The fraction of sp³-hybridized carbons (Fsp3) is 0.250. The van der Waals surface area contributed by atoms with Crippen LogP contribution in [0.25, 0.3) is 11.4 Å². The maximum absolute atomic E-state index is 12.3. The molecule has 2 aromatic carbocycles. The van der Waals surface area contributed by atoms with E-state index in [2.05, 4.69) is 32.1 Å². The molecule has 7 heteroatoms. The Balaban J connectivity index is 1.58. The molecule has 0 spiro atoms. The average Bonchev–Trinajstić information content (AvgIpc) is 3.07. The predicted molar refractivity (Wildman–Crippen MR) is 105 cm³/mol. The van der Waals surface area contributed by atoms with Crippen LogP contribution in [0.1, 0.15) is 17.0 Å². The number of aromatic nitrogens is 2. The van der Waals surface area contributed by atoms with E-state index >= 15 is 0 Å². The third-order valence-corrected chi connectivity index (χ3v) is 4.40.